The van der Waals surface area contributed by atoms with Gasteiger partial charge in [0.1, 0.15) is 17.3 Å². The van der Waals surface area contributed by atoms with Gasteiger partial charge in [-0.1, -0.05) is 12.1 Å². The topological polar surface area (TPSA) is 68.0 Å². The summed E-state index contributed by atoms with van der Waals surface area (Å²) in [6, 6.07) is 10.0. The van der Waals surface area contributed by atoms with E-state index in [2.05, 4.69) is 16.7 Å². The van der Waals surface area contributed by atoms with Crippen LogP contribution in [0, 0.1) is 13.8 Å². The van der Waals surface area contributed by atoms with E-state index in [0.29, 0.717) is 13.1 Å². The molecule has 2 rings (SSSR count). The number of guanidine groups is 1. The van der Waals surface area contributed by atoms with Crippen molar-refractivity contribution in [1.29, 1.82) is 0 Å². The number of hydrogen-bond donors (Lipinski definition) is 2. The van der Waals surface area contributed by atoms with Gasteiger partial charge in [-0.25, -0.2) is 4.99 Å². The first-order valence-corrected chi connectivity index (χ1v) is 9.41. The van der Waals surface area contributed by atoms with E-state index in [4.69, 9.17) is 18.9 Å². The molecular weight excluding hydrogens is 342 g/mol. The van der Waals surface area contributed by atoms with E-state index < -0.39 is 0 Å². The maximum atomic E-state index is 5.59. The minimum atomic E-state index is 0.591. The fourth-order valence-electron chi connectivity index (χ4n) is 2.64. The maximum Gasteiger partial charge on any atom is 0.191 e. The highest BCUT2D eigenvalue weighted by Gasteiger charge is 2.06. The first-order chi connectivity index (χ1) is 13.1. The van der Waals surface area contributed by atoms with Crippen LogP contribution in [0.4, 0.5) is 0 Å². The highest BCUT2D eigenvalue weighted by atomic mass is 16.5. The summed E-state index contributed by atoms with van der Waals surface area (Å²) in [5.41, 5.74) is 2.27. The molecule has 0 aliphatic heterocycles. The van der Waals surface area contributed by atoms with Gasteiger partial charge in [0, 0.05) is 31.9 Å². The summed E-state index contributed by atoms with van der Waals surface area (Å²) in [6.45, 7) is 9.50. The number of nitrogens with one attached hydrogen (secondary N) is 2. The lowest BCUT2D eigenvalue weighted by atomic mass is 10.2. The van der Waals surface area contributed by atoms with Crippen LogP contribution in [0.15, 0.2) is 39.7 Å². The van der Waals surface area contributed by atoms with Gasteiger partial charge in [-0.3, -0.25) is 0 Å². The lowest BCUT2D eigenvalue weighted by molar-refractivity contribution is 0.145. The van der Waals surface area contributed by atoms with Gasteiger partial charge in [0.2, 0.25) is 0 Å². The maximum absolute atomic E-state index is 5.59. The molecule has 0 fully saturated rings. The van der Waals surface area contributed by atoms with Crippen molar-refractivity contribution in [1.82, 2.24) is 10.6 Å². The average Bonchev–Trinajstić information content (AvgIpc) is 3.00. The van der Waals surface area contributed by atoms with Gasteiger partial charge in [-0.05, 0) is 51.0 Å². The number of rotatable bonds is 10. The lowest BCUT2D eigenvalue weighted by Crippen LogP contribution is -2.37. The third kappa shape index (κ3) is 7.35. The molecule has 0 unspecified atom stereocenters. The molecule has 1 aromatic carbocycles. The van der Waals surface area contributed by atoms with Gasteiger partial charge in [-0.15, -0.1) is 0 Å². The fourth-order valence-corrected chi connectivity index (χ4v) is 2.64. The Kier molecular flexibility index (Phi) is 8.71. The normalized spacial score (nSPS) is 11.5. The van der Waals surface area contributed by atoms with E-state index in [1.807, 2.05) is 45.0 Å². The second-order valence-electron chi connectivity index (χ2n) is 6.28. The van der Waals surface area contributed by atoms with E-state index in [-0.39, 0.29) is 0 Å². The van der Waals surface area contributed by atoms with Crippen LogP contribution >= 0.6 is 0 Å². The van der Waals surface area contributed by atoms with Crippen LogP contribution in [-0.2, 0) is 17.8 Å². The summed E-state index contributed by atoms with van der Waals surface area (Å²) in [5, 5.41) is 6.76. The number of aryl methyl sites for hydroxylation is 2. The van der Waals surface area contributed by atoms with Crippen molar-refractivity contribution in [3.63, 3.8) is 0 Å². The second-order valence-corrected chi connectivity index (χ2v) is 6.28. The predicted molar refractivity (Wildman–Crippen MR) is 108 cm³/mol. The first kappa shape index (κ1) is 20.8. The molecule has 0 amide bonds. The van der Waals surface area contributed by atoms with Gasteiger partial charge in [0.05, 0.1) is 13.7 Å². The minimum Gasteiger partial charge on any atom is -0.497 e. The Labute approximate surface area is 162 Å². The molecule has 0 aliphatic carbocycles. The molecule has 27 heavy (non-hydrogen) atoms. The summed E-state index contributed by atoms with van der Waals surface area (Å²) in [5.74, 6) is 3.48. The van der Waals surface area contributed by atoms with Crippen molar-refractivity contribution in [3.8, 4) is 5.75 Å². The Balaban J connectivity index is 1.95. The predicted octanol–water partition coefficient (Wildman–Crippen LogP) is 3.57. The molecule has 6 heteroatoms. The summed E-state index contributed by atoms with van der Waals surface area (Å²) in [7, 11) is 1.67. The van der Waals surface area contributed by atoms with Gasteiger partial charge >= 0.3 is 0 Å². The average molecular weight is 373 g/mol. The number of furan rings is 1. The number of nitrogens with zero attached hydrogens (tertiary/aromatic N) is 1. The summed E-state index contributed by atoms with van der Waals surface area (Å²) < 4.78 is 16.2. The minimum absolute atomic E-state index is 0.591. The standard InChI is InChI=1S/C21H31N3O3/c1-5-26-12-6-11-22-21(24-15-19-13-16(2)27-17(19)3)23-14-18-7-9-20(25-4)10-8-18/h7-10,13H,5-6,11-12,14-15H2,1-4H3,(H2,22,23,24). The molecule has 0 aliphatic rings. The molecule has 2 N–H and O–H groups in total. The van der Waals surface area contributed by atoms with E-state index >= 15 is 0 Å². The summed E-state index contributed by atoms with van der Waals surface area (Å²) >= 11 is 0. The molecular formula is C21H31N3O3. The number of benzene rings is 1. The molecule has 0 saturated heterocycles. The highest BCUT2D eigenvalue weighted by Crippen LogP contribution is 2.13. The third-order valence-electron chi connectivity index (χ3n) is 4.13. The van der Waals surface area contributed by atoms with Gasteiger partial charge in [0.15, 0.2) is 5.96 Å². The van der Waals surface area contributed by atoms with Crippen LogP contribution in [0.5, 0.6) is 5.75 Å². The molecule has 0 atom stereocenters. The zero-order valence-corrected chi connectivity index (χ0v) is 16.8. The van der Waals surface area contributed by atoms with Crippen LogP contribution in [-0.4, -0.2) is 32.8 Å². The molecule has 1 heterocycles. The van der Waals surface area contributed by atoms with Crippen LogP contribution in [0.25, 0.3) is 0 Å². The van der Waals surface area contributed by atoms with Crippen molar-refractivity contribution in [2.45, 2.75) is 40.3 Å². The van der Waals surface area contributed by atoms with Crippen LogP contribution in [0.1, 0.15) is 36.0 Å². The van der Waals surface area contributed by atoms with Crippen molar-refractivity contribution in [2.24, 2.45) is 4.99 Å². The molecule has 0 radical (unpaired) electrons. The fraction of sp³-hybridized carbons (Fsp3) is 0.476. The van der Waals surface area contributed by atoms with Crippen molar-refractivity contribution in [3.05, 3.63) is 53.0 Å². The largest absolute Gasteiger partial charge is 0.497 e. The van der Waals surface area contributed by atoms with Gasteiger partial charge in [0.25, 0.3) is 0 Å². The Morgan fingerprint density at radius 2 is 1.93 bits per heavy atom. The number of aliphatic imine (C=N–C) groups is 1. The quantitative estimate of drug-likeness (QED) is 0.379. The van der Waals surface area contributed by atoms with E-state index in [0.717, 1.165) is 60.5 Å². The van der Waals surface area contributed by atoms with Crippen molar-refractivity contribution >= 4 is 5.96 Å². The van der Waals surface area contributed by atoms with Crippen molar-refractivity contribution in [2.75, 3.05) is 26.9 Å². The van der Waals surface area contributed by atoms with E-state index in [1.165, 1.54) is 0 Å². The summed E-state index contributed by atoms with van der Waals surface area (Å²) in [6.07, 6.45) is 0.931. The third-order valence-corrected chi connectivity index (χ3v) is 4.13. The second kappa shape index (κ2) is 11.3. The van der Waals surface area contributed by atoms with E-state index in [1.54, 1.807) is 7.11 Å². The smallest absolute Gasteiger partial charge is 0.191 e. The number of hydrogen-bond acceptors (Lipinski definition) is 4. The Bertz CT molecular complexity index is 708. The molecule has 148 valence electrons. The highest BCUT2D eigenvalue weighted by molar-refractivity contribution is 5.79. The Morgan fingerprint density at radius 1 is 1.15 bits per heavy atom. The number of ether oxygens (including phenoxy) is 2. The van der Waals surface area contributed by atoms with Crippen LogP contribution in [0.3, 0.4) is 0 Å². The molecule has 0 saturated carbocycles. The Morgan fingerprint density at radius 3 is 2.56 bits per heavy atom. The molecule has 0 spiro atoms. The molecule has 1 aromatic heterocycles. The molecule has 2 aromatic rings. The van der Waals surface area contributed by atoms with Crippen LogP contribution < -0.4 is 15.4 Å². The SMILES string of the molecule is CCOCCCNC(=NCc1ccc(OC)cc1)NCc1cc(C)oc1C. The number of methoxy groups -OCH3 is 1. The molecule has 0 bridgehead atoms. The van der Waals surface area contributed by atoms with Crippen molar-refractivity contribution < 1.29 is 13.9 Å². The zero-order chi connectivity index (χ0) is 19.5. The lowest BCUT2D eigenvalue weighted by Gasteiger charge is -2.12. The van der Waals surface area contributed by atoms with Gasteiger partial charge in [-0.2, -0.15) is 0 Å². The summed E-state index contributed by atoms with van der Waals surface area (Å²) in [4.78, 5) is 4.70. The van der Waals surface area contributed by atoms with Crippen LogP contribution in [0.2, 0.25) is 0 Å². The van der Waals surface area contributed by atoms with E-state index in [9.17, 15) is 0 Å². The van der Waals surface area contributed by atoms with Gasteiger partial charge < -0.3 is 24.5 Å². The first-order valence-electron chi connectivity index (χ1n) is 9.41. The monoisotopic (exact) mass is 373 g/mol. The Hall–Kier alpha value is -2.47. The molecule has 6 nitrogen and oxygen atoms in total. The zero-order valence-electron chi connectivity index (χ0n) is 16.8.